The van der Waals surface area contributed by atoms with Crippen LogP contribution in [0.3, 0.4) is 0 Å². The number of hydrogen-bond acceptors (Lipinski definition) is 10. The summed E-state index contributed by atoms with van der Waals surface area (Å²) in [5.41, 5.74) is 0.956. The van der Waals surface area contributed by atoms with Crippen LogP contribution in [-0.2, 0) is 30.1 Å². The molecule has 0 spiro atoms. The third-order valence-electron chi connectivity index (χ3n) is 7.06. The summed E-state index contributed by atoms with van der Waals surface area (Å²) in [5, 5.41) is 5.88. The number of nitrogens with zero attached hydrogens (tertiary/aromatic N) is 3. The summed E-state index contributed by atoms with van der Waals surface area (Å²) in [6.07, 6.45) is 4.85. The maximum absolute atomic E-state index is 13.8. The number of rotatable bonds is 10. The van der Waals surface area contributed by atoms with Crippen molar-refractivity contribution in [2.75, 3.05) is 20.1 Å². The molecule has 2 fully saturated rings. The van der Waals surface area contributed by atoms with Crippen LogP contribution in [0.2, 0.25) is 5.82 Å². The molecule has 1 aromatic carbocycles. The number of fused-ring (bicyclic) bond motifs is 2. The molecule has 4 atom stereocenters. The van der Waals surface area contributed by atoms with E-state index in [4.69, 9.17) is 9.31 Å². The highest BCUT2D eigenvalue weighted by atomic mass is 16.6. The second-order valence-electron chi connectivity index (χ2n) is 10.5. The molecule has 0 unspecified atom stereocenters. The van der Waals surface area contributed by atoms with E-state index in [1.165, 1.54) is 18.6 Å². The van der Waals surface area contributed by atoms with Gasteiger partial charge in [0, 0.05) is 37.7 Å². The predicted molar refractivity (Wildman–Crippen MR) is 142 cm³/mol. The molecular weight excluding hydrogens is 501 g/mol. The van der Waals surface area contributed by atoms with Crippen LogP contribution in [0.25, 0.3) is 0 Å². The number of carbonyl (C=O) groups excluding carboxylic acids is 4. The summed E-state index contributed by atoms with van der Waals surface area (Å²) in [5.74, 6) is -2.28. The normalized spacial score (nSPS) is 21.3. The van der Waals surface area contributed by atoms with E-state index in [9.17, 15) is 19.2 Å². The Balaban J connectivity index is 1.56. The highest BCUT2D eigenvalue weighted by Crippen LogP contribution is 2.30. The fourth-order valence-corrected chi connectivity index (χ4v) is 5.00. The van der Waals surface area contributed by atoms with Gasteiger partial charge in [-0.15, -0.1) is 0 Å². The molecule has 0 saturated carbocycles. The lowest BCUT2D eigenvalue weighted by Gasteiger charge is -2.40. The zero-order valence-electron chi connectivity index (χ0n) is 22.4. The standard InChI is InChI=1S/C27H34BN5O6/c1-17(2)11-19(28-38-26(36)22-15-30-16-23(33(22)3)27(37)39-28)13-24(34)20(12-18-7-5-4-6-8-18)32-25(35)21-14-29-9-10-31-21/h4-10,14,17,19-20,22-23,30H,11-13,15-16H2,1-3H3,(H,32,35)/t19-,20+,22+,23+/m1/s1. The van der Waals surface area contributed by atoms with Gasteiger partial charge in [0.2, 0.25) is 0 Å². The van der Waals surface area contributed by atoms with Gasteiger partial charge < -0.3 is 19.9 Å². The number of benzene rings is 1. The lowest BCUT2D eigenvalue weighted by Crippen LogP contribution is -2.64. The predicted octanol–water partition coefficient (Wildman–Crippen LogP) is 1.05. The van der Waals surface area contributed by atoms with E-state index in [1.807, 2.05) is 44.2 Å². The van der Waals surface area contributed by atoms with E-state index in [0.717, 1.165) is 5.56 Å². The maximum Gasteiger partial charge on any atom is 0.602 e. The first-order chi connectivity index (χ1) is 18.7. The van der Waals surface area contributed by atoms with E-state index in [0.29, 0.717) is 19.5 Å². The fraction of sp³-hybridized carbons (Fsp3) is 0.481. The van der Waals surface area contributed by atoms with E-state index >= 15 is 0 Å². The van der Waals surface area contributed by atoms with Crippen LogP contribution in [0.4, 0.5) is 0 Å². The zero-order chi connectivity index (χ0) is 27.9. The van der Waals surface area contributed by atoms with Gasteiger partial charge in [0.25, 0.3) is 5.91 Å². The average molecular weight is 535 g/mol. The quantitative estimate of drug-likeness (QED) is 0.425. The van der Waals surface area contributed by atoms with E-state index in [-0.39, 0.29) is 30.2 Å². The monoisotopic (exact) mass is 535 g/mol. The Hall–Kier alpha value is -3.64. The van der Waals surface area contributed by atoms with Crippen molar-refractivity contribution < 1.29 is 28.5 Å². The number of likely N-dealkylation sites (N-methyl/N-ethyl adjacent to an activating group) is 1. The van der Waals surface area contributed by atoms with Gasteiger partial charge in [-0.3, -0.25) is 29.1 Å². The molecule has 2 aliphatic heterocycles. The molecule has 39 heavy (non-hydrogen) atoms. The fourth-order valence-electron chi connectivity index (χ4n) is 5.00. The lowest BCUT2D eigenvalue weighted by atomic mass is 9.64. The van der Waals surface area contributed by atoms with Crippen molar-refractivity contribution >= 4 is 30.7 Å². The zero-order valence-corrected chi connectivity index (χ0v) is 22.4. The highest BCUT2D eigenvalue weighted by Gasteiger charge is 2.48. The summed E-state index contributed by atoms with van der Waals surface area (Å²) < 4.78 is 11.4. The van der Waals surface area contributed by atoms with Crippen molar-refractivity contribution in [3.8, 4) is 0 Å². The van der Waals surface area contributed by atoms with Crippen LogP contribution in [0.15, 0.2) is 48.9 Å². The summed E-state index contributed by atoms with van der Waals surface area (Å²) in [7, 11) is 0.489. The molecule has 2 aliphatic rings. The molecule has 11 nitrogen and oxygen atoms in total. The molecule has 2 aromatic rings. The van der Waals surface area contributed by atoms with E-state index in [1.54, 1.807) is 11.9 Å². The molecule has 12 heteroatoms. The summed E-state index contributed by atoms with van der Waals surface area (Å²) in [4.78, 5) is 62.3. The first kappa shape index (κ1) is 28.4. The van der Waals surface area contributed by atoms with Gasteiger partial charge in [-0.25, -0.2) is 4.98 Å². The number of nitrogens with one attached hydrogen (secondary N) is 2. The molecule has 0 radical (unpaired) electrons. The van der Waals surface area contributed by atoms with Crippen molar-refractivity contribution in [3.63, 3.8) is 0 Å². The molecular formula is C27H34BN5O6. The number of amides is 1. The van der Waals surface area contributed by atoms with Crippen LogP contribution >= 0.6 is 0 Å². The van der Waals surface area contributed by atoms with Crippen LogP contribution < -0.4 is 10.6 Å². The Kier molecular flexibility index (Phi) is 9.42. The first-order valence-electron chi connectivity index (χ1n) is 13.2. The minimum atomic E-state index is -1.21. The van der Waals surface area contributed by atoms with Gasteiger partial charge in [0.1, 0.15) is 17.8 Å². The van der Waals surface area contributed by atoms with Crippen LogP contribution in [-0.4, -0.2) is 83.9 Å². The van der Waals surface area contributed by atoms with Gasteiger partial charge in [0.05, 0.1) is 12.2 Å². The van der Waals surface area contributed by atoms with Crippen molar-refractivity contribution in [1.29, 1.82) is 0 Å². The molecule has 3 heterocycles. The van der Waals surface area contributed by atoms with Gasteiger partial charge >= 0.3 is 19.1 Å². The molecule has 1 amide bonds. The number of carbonyl (C=O) groups is 4. The maximum atomic E-state index is 13.8. The highest BCUT2D eigenvalue weighted by molar-refractivity contribution is 6.51. The summed E-state index contributed by atoms with van der Waals surface area (Å²) in [6, 6.07) is 7.20. The second-order valence-corrected chi connectivity index (χ2v) is 10.5. The van der Waals surface area contributed by atoms with Crippen molar-refractivity contribution in [2.24, 2.45) is 5.92 Å². The molecule has 2 bridgehead atoms. The Morgan fingerprint density at radius 3 is 2.36 bits per heavy atom. The van der Waals surface area contributed by atoms with Gasteiger partial charge in [-0.1, -0.05) is 44.2 Å². The number of ketones is 1. The van der Waals surface area contributed by atoms with Gasteiger partial charge in [-0.05, 0) is 31.4 Å². The minimum absolute atomic E-state index is 0.0644. The summed E-state index contributed by atoms with van der Waals surface area (Å²) >= 11 is 0. The molecule has 4 rings (SSSR count). The number of Topliss-reactive ketones (excluding diaryl/α,β-unsaturated/α-hetero) is 1. The first-order valence-corrected chi connectivity index (χ1v) is 13.2. The molecule has 2 N–H and O–H groups in total. The van der Waals surface area contributed by atoms with Crippen molar-refractivity contribution in [2.45, 2.75) is 57.1 Å². The van der Waals surface area contributed by atoms with E-state index < -0.39 is 48.9 Å². The molecule has 1 aromatic heterocycles. The smallest absolute Gasteiger partial charge is 0.498 e. The Bertz CT molecular complexity index is 1140. The SMILES string of the molecule is CC(C)C[C@H](CC(=O)[C@H](Cc1ccccc1)NC(=O)c1cnccn1)B1OC(=O)[C@@H]2CNC[C@@H](C(=O)O1)N2C. The van der Waals surface area contributed by atoms with Crippen LogP contribution in [0.1, 0.15) is 42.7 Å². The lowest BCUT2D eigenvalue weighted by molar-refractivity contribution is -0.156. The number of piperazine rings is 1. The summed E-state index contributed by atoms with van der Waals surface area (Å²) in [6.45, 7) is 4.67. The third-order valence-corrected chi connectivity index (χ3v) is 7.06. The van der Waals surface area contributed by atoms with Crippen molar-refractivity contribution in [1.82, 2.24) is 25.5 Å². The molecule has 2 saturated heterocycles. The van der Waals surface area contributed by atoms with Gasteiger partial charge in [-0.2, -0.15) is 0 Å². The Labute approximate surface area is 228 Å². The van der Waals surface area contributed by atoms with Gasteiger partial charge in [0.15, 0.2) is 5.78 Å². The Morgan fingerprint density at radius 1 is 1.10 bits per heavy atom. The number of hydrogen-bond donors (Lipinski definition) is 2. The Morgan fingerprint density at radius 2 is 1.77 bits per heavy atom. The average Bonchev–Trinajstić information content (AvgIpc) is 2.92. The number of aromatic nitrogens is 2. The second kappa shape index (κ2) is 12.9. The van der Waals surface area contributed by atoms with E-state index in [2.05, 4.69) is 20.6 Å². The molecule has 0 aliphatic carbocycles. The van der Waals surface area contributed by atoms with Crippen LogP contribution in [0.5, 0.6) is 0 Å². The topological polar surface area (TPSA) is 140 Å². The largest absolute Gasteiger partial charge is 0.602 e. The van der Waals surface area contributed by atoms with Crippen LogP contribution in [0, 0.1) is 5.92 Å². The minimum Gasteiger partial charge on any atom is -0.498 e. The van der Waals surface area contributed by atoms with Crippen molar-refractivity contribution in [3.05, 3.63) is 60.2 Å². The molecule has 206 valence electrons. The third kappa shape index (κ3) is 7.27.